The average Bonchev–Trinajstić information content (AvgIpc) is 2.79. The summed E-state index contributed by atoms with van der Waals surface area (Å²) in [5.41, 5.74) is 1.93. The predicted molar refractivity (Wildman–Crippen MR) is 78.9 cm³/mol. The van der Waals surface area contributed by atoms with Gasteiger partial charge in [-0.05, 0) is 33.3 Å². The normalized spacial score (nSPS) is 12.6. The van der Waals surface area contributed by atoms with Gasteiger partial charge >= 0.3 is 0 Å². The molecular formula is C13H19N5OS. The van der Waals surface area contributed by atoms with Crippen LogP contribution in [0.1, 0.15) is 31.7 Å². The summed E-state index contributed by atoms with van der Waals surface area (Å²) in [4.78, 5) is 16.1. The average molecular weight is 293 g/mol. The highest BCUT2D eigenvalue weighted by Crippen LogP contribution is 2.18. The van der Waals surface area contributed by atoms with E-state index in [0.717, 1.165) is 17.8 Å². The van der Waals surface area contributed by atoms with Crippen LogP contribution < -0.4 is 5.32 Å². The van der Waals surface area contributed by atoms with E-state index >= 15 is 0 Å². The van der Waals surface area contributed by atoms with Crippen molar-refractivity contribution in [2.24, 2.45) is 0 Å². The Hall–Kier alpha value is -1.63. The monoisotopic (exact) mass is 293 g/mol. The number of hydrogen-bond acceptors (Lipinski definition) is 5. The summed E-state index contributed by atoms with van der Waals surface area (Å²) < 4.78 is 1.87. The van der Waals surface area contributed by atoms with Crippen molar-refractivity contribution < 1.29 is 4.79 Å². The molecule has 0 unspecified atom stereocenters. The Morgan fingerprint density at radius 3 is 2.90 bits per heavy atom. The molecule has 108 valence electrons. The van der Waals surface area contributed by atoms with E-state index in [4.69, 9.17) is 0 Å². The van der Waals surface area contributed by atoms with E-state index < -0.39 is 0 Å². The van der Waals surface area contributed by atoms with Crippen molar-refractivity contribution >= 4 is 23.4 Å². The summed E-state index contributed by atoms with van der Waals surface area (Å²) in [6.07, 6.45) is 0.923. The van der Waals surface area contributed by atoms with Gasteiger partial charge in [-0.25, -0.2) is 4.98 Å². The lowest BCUT2D eigenvalue weighted by atomic mass is 10.3. The molecular weight excluding hydrogens is 274 g/mol. The standard InChI is InChI=1S/C13H19N5OS/c1-5-8(2)14-11(19)7-20-13-17-16-12-15-9(3)6-10(4)18(12)13/h6,8H,5,7H2,1-4H3,(H,14,19)/t8-/m1/s1. The highest BCUT2D eigenvalue weighted by molar-refractivity contribution is 7.99. The Morgan fingerprint density at radius 1 is 1.45 bits per heavy atom. The zero-order valence-electron chi connectivity index (χ0n) is 12.2. The fourth-order valence-electron chi connectivity index (χ4n) is 1.84. The minimum absolute atomic E-state index is 0.0128. The molecule has 1 amide bonds. The molecule has 2 rings (SSSR count). The smallest absolute Gasteiger partial charge is 0.256 e. The first-order valence-electron chi connectivity index (χ1n) is 6.62. The molecule has 0 saturated heterocycles. The zero-order chi connectivity index (χ0) is 14.7. The van der Waals surface area contributed by atoms with E-state index in [9.17, 15) is 4.79 Å². The van der Waals surface area contributed by atoms with Gasteiger partial charge in [0.05, 0.1) is 5.75 Å². The molecule has 0 spiro atoms. The molecule has 0 aromatic carbocycles. The SMILES string of the molecule is CC[C@@H](C)NC(=O)CSc1nnc2nc(C)cc(C)n12. The van der Waals surface area contributed by atoms with Crippen LogP contribution in [0.15, 0.2) is 11.2 Å². The van der Waals surface area contributed by atoms with Gasteiger partial charge in [0, 0.05) is 17.4 Å². The molecule has 0 fully saturated rings. The lowest BCUT2D eigenvalue weighted by Crippen LogP contribution is -2.33. The van der Waals surface area contributed by atoms with E-state index in [-0.39, 0.29) is 11.9 Å². The molecule has 2 aromatic heterocycles. The number of rotatable bonds is 5. The number of hydrogen-bond donors (Lipinski definition) is 1. The first-order valence-corrected chi connectivity index (χ1v) is 7.61. The summed E-state index contributed by atoms with van der Waals surface area (Å²) in [5.74, 6) is 0.921. The second-order valence-electron chi connectivity index (χ2n) is 4.82. The van der Waals surface area contributed by atoms with E-state index in [2.05, 4.69) is 20.5 Å². The molecule has 2 heterocycles. The number of fused-ring (bicyclic) bond motifs is 1. The molecule has 0 aliphatic heterocycles. The maximum absolute atomic E-state index is 11.8. The quantitative estimate of drug-likeness (QED) is 0.850. The third kappa shape index (κ3) is 3.27. The van der Waals surface area contributed by atoms with Crippen molar-refractivity contribution in [3.8, 4) is 0 Å². The van der Waals surface area contributed by atoms with Gasteiger partial charge in [0.2, 0.25) is 5.91 Å². The Labute approximate surface area is 122 Å². The van der Waals surface area contributed by atoms with E-state index in [1.807, 2.05) is 38.2 Å². The van der Waals surface area contributed by atoms with Crippen molar-refractivity contribution in [2.45, 2.75) is 45.3 Å². The summed E-state index contributed by atoms with van der Waals surface area (Å²) >= 11 is 1.37. The number of amides is 1. The summed E-state index contributed by atoms with van der Waals surface area (Å²) in [5, 5.41) is 11.8. The first-order chi connectivity index (χ1) is 9.51. The summed E-state index contributed by atoms with van der Waals surface area (Å²) in [6, 6.07) is 2.17. The van der Waals surface area contributed by atoms with Gasteiger partial charge in [0.1, 0.15) is 0 Å². The van der Waals surface area contributed by atoms with Gasteiger partial charge in [0.25, 0.3) is 5.78 Å². The molecule has 1 atom stereocenters. The maximum atomic E-state index is 11.8. The number of aryl methyl sites for hydroxylation is 2. The van der Waals surface area contributed by atoms with Crippen molar-refractivity contribution in [1.82, 2.24) is 24.9 Å². The lowest BCUT2D eigenvalue weighted by Gasteiger charge is -2.10. The fourth-order valence-corrected chi connectivity index (χ4v) is 2.64. The van der Waals surface area contributed by atoms with E-state index in [0.29, 0.717) is 16.7 Å². The second-order valence-corrected chi connectivity index (χ2v) is 5.76. The highest BCUT2D eigenvalue weighted by atomic mass is 32.2. The van der Waals surface area contributed by atoms with Crippen LogP contribution in [0, 0.1) is 13.8 Å². The minimum Gasteiger partial charge on any atom is -0.353 e. The van der Waals surface area contributed by atoms with Gasteiger partial charge < -0.3 is 5.32 Å². The number of nitrogens with one attached hydrogen (secondary N) is 1. The number of nitrogens with zero attached hydrogens (tertiary/aromatic N) is 4. The van der Waals surface area contributed by atoms with E-state index in [1.54, 1.807) is 0 Å². The van der Waals surface area contributed by atoms with Crippen molar-refractivity contribution in [3.63, 3.8) is 0 Å². The van der Waals surface area contributed by atoms with Crippen LogP contribution in [0.3, 0.4) is 0 Å². The maximum Gasteiger partial charge on any atom is 0.256 e. The highest BCUT2D eigenvalue weighted by Gasteiger charge is 2.12. The molecule has 6 nitrogen and oxygen atoms in total. The molecule has 0 aliphatic carbocycles. The fraction of sp³-hybridized carbons (Fsp3) is 0.538. The third-order valence-corrected chi connectivity index (χ3v) is 3.94. The van der Waals surface area contributed by atoms with Crippen molar-refractivity contribution in [1.29, 1.82) is 0 Å². The third-order valence-electron chi connectivity index (χ3n) is 3.02. The first kappa shape index (κ1) is 14.8. The zero-order valence-corrected chi connectivity index (χ0v) is 13.0. The molecule has 0 bridgehead atoms. The van der Waals surface area contributed by atoms with Crippen molar-refractivity contribution in [2.75, 3.05) is 5.75 Å². The van der Waals surface area contributed by atoms with E-state index in [1.165, 1.54) is 11.8 Å². The van der Waals surface area contributed by atoms with Gasteiger partial charge in [0.15, 0.2) is 5.16 Å². The largest absolute Gasteiger partial charge is 0.353 e. The number of carbonyl (C=O) groups excluding carboxylic acids is 1. The molecule has 0 radical (unpaired) electrons. The number of carbonyl (C=O) groups is 1. The summed E-state index contributed by atoms with van der Waals surface area (Å²) in [7, 11) is 0. The van der Waals surface area contributed by atoms with Crippen molar-refractivity contribution in [3.05, 3.63) is 17.5 Å². The van der Waals surface area contributed by atoms with Gasteiger partial charge in [-0.1, -0.05) is 18.7 Å². The molecule has 0 saturated carbocycles. The number of thioether (sulfide) groups is 1. The topological polar surface area (TPSA) is 72.2 Å². The Bertz CT molecular complexity index is 624. The molecule has 7 heteroatoms. The van der Waals surface area contributed by atoms with Crippen LogP contribution in [-0.4, -0.2) is 37.3 Å². The molecule has 1 N–H and O–H groups in total. The van der Waals surface area contributed by atoms with Gasteiger partial charge in [-0.15, -0.1) is 10.2 Å². The Kier molecular flexibility index (Phi) is 4.59. The molecule has 0 aliphatic rings. The van der Waals surface area contributed by atoms with Crippen LogP contribution in [0.4, 0.5) is 0 Å². The second kappa shape index (κ2) is 6.21. The minimum atomic E-state index is 0.0128. The van der Waals surface area contributed by atoms with Gasteiger partial charge in [-0.2, -0.15) is 0 Å². The lowest BCUT2D eigenvalue weighted by molar-refractivity contribution is -0.119. The number of aromatic nitrogens is 4. The summed E-state index contributed by atoms with van der Waals surface area (Å²) in [6.45, 7) is 7.94. The Morgan fingerprint density at radius 2 is 2.20 bits per heavy atom. The van der Waals surface area contributed by atoms with Crippen LogP contribution in [0.5, 0.6) is 0 Å². The van der Waals surface area contributed by atoms with Gasteiger partial charge in [-0.3, -0.25) is 9.20 Å². The van der Waals surface area contributed by atoms with Crippen LogP contribution in [-0.2, 0) is 4.79 Å². The van der Waals surface area contributed by atoms with Crippen LogP contribution in [0.25, 0.3) is 5.78 Å². The Balaban J connectivity index is 2.09. The van der Waals surface area contributed by atoms with Crippen LogP contribution >= 0.6 is 11.8 Å². The predicted octanol–water partition coefficient (Wildman–Crippen LogP) is 1.75. The van der Waals surface area contributed by atoms with Crippen LogP contribution in [0.2, 0.25) is 0 Å². The molecule has 2 aromatic rings. The molecule has 20 heavy (non-hydrogen) atoms.